The van der Waals surface area contributed by atoms with Gasteiger partial charge < -0.3 is 10.1 Å². The fraction of sp³-hybridized carbons (Fsp3) is 0.278. The van der Waals surface area contributed by atoms with Crippen LogP contribution in [0.4, 0.5) is 11.4 Å². The smallest absolute Gasteiger partial charge is 0.262 e. The van der Waals surface area contributed by atoms with Crippen LogP contribution in [-0.2, 0) is 14.8 Å². The molecule has 1 amide bonds. The van der Waals surface area contributed by atoms with Crippen molar-refractivity contribution in [3.8, 4) is 5.75 Å². The lowest BCUT2D eigenvalue weighted by Gasteiger charge is -2.28. The molecule has 132 valence electrons. The molecule has 1 N–H and O–H groups in total. The number of hydrogen-bond donors (Lipinski definition) is 1. The summed E-state index contributed by atoms with van der Waals surface area (Å²) in [5.41, 5.74) is 1.11. The summed E-state index contributed by atoms with van der Waals surface area (Å²) in [6.07, 6.45) is 1.52. The van der Waals surface area contributed by atoms with Gasteiger partial charge in [-0.05, 0) is 43.2 Å². The normalized spacial score (nSPS) is 16.2. The van der Waals surface area contributed by atoms with Crippen LogP contribution in [0.15, 0.2) is 54.6 Å². The van der Waals surface area contributed by atoms with E-state index in [-0.39, 0.29) is 18.3 Å². The van der Waals surface area contributed by atoms with E-state index in [1.807, 2.05) is 18.2 Å². The number of amides is 1. The minimum Gasteiger partial charge on any atom is -0.484 e. The number of hydrogen-bond acceptors (Lipinski definition) is 4. The van der Waals surface area contributed by atoms with Gasteiger partial charge in [0.2, 0.25) is 10.0 Å². The molecule has 0 saturated carbocycles. The number of carbonyl (C=O) groups is 1. The standard InChI is InChI=1S/C18H20N2O4S/c21-18(14-24-17-9-2-1-3-10-17)19-15-7-6-8-16(13-15)20-11-4-5-12-25(20,22)23/h1-3,6-10,13H,4-5,11-12,14H2,(H,19,21). The Labute approximate surface area is 147 Å². The lowest BCUT2D eigenvalue weighted by atomic mass is 10.2. The van der Waals surface area contributed by atoms with Crippen LogP contribution in [-0.4, -0.2) is 33.2 Å². The largest absolute Gasteiger partial charge is 0.484 e. The fourth-order valence-electron chi connectivity index (χ4n) is 2.68. The molecule has 1 saturated heterocycles. The average molecular weight is 360 g/mol. The van der Waals surface area contributed by atoms with Crippen molar-refractivity contribution < 1.29 is 17.9 Å². The molecule has 25 heavy (non-hydrogen) atoms. The summed E-state index contributed by atoms with van der Waals surface area (Å²) in [4.78, 5) is 12.0. The number of ether oxygens (including phenoxy) is 1. The molecule has 0 aromatic heterocycles. The van der Waals surface area contributed by atoms with E-state index >= 15 is 0 Å². The summed E-state index contributed by atoms with van der Waals surface area (Å²) in [6.45, 7) is 0.354. The maximum atomic E-state index is 12.2. The van der Waals surface area contributed by atoms with Crippen LogP contribution in [0, 0.1) is 0 Å². The second kappa shape index (κ2) is 7.57. The van der Waals surface area contributed by atoms with E-state index in [0.29, 0.717) is 30.1 Å². The number of para-hydroxylation sites is 1. The van der Waals surface area contributed by atoms with Crippen LogP contribution < -0.4 is 14.4 Å². The Morgan fingerprint density at radius 2 is 1.88 bits per heavy atom. The molecule has 0 bridgehead atoms. The minimum atomic E-state index is -3.27. The molecule has 0 spiro atoms. The van der Waals surface area contributed by atoms with Crippen LogP contribution in [0.1, 0.15) is 12.8 Å². The first kappa shape index (κ1) is 17.3. The van der Waals surface area contributed by atoms with E-state index in [9.17, 15) is 13.2 Å². The van der Waals surface area contributed by atoms with Crippen molar-refractivity contribution in [3.63, 3.8) is 0 Å². The van der Waals surface area contributed by atoms with Crippen molar-refractivity contribution in [2.45, 2.75) is 12.8 Å². The Morgan fingerprint density at radius 1 is 1.08 bits per heavy atom. The van der Waals surface area contributed by atoms with Gasteiger partial charge in [0.15, 0.2) is 6.61 Å². The van der Waals surface area contributed by atoms with Gasteiger partial charge in [0, 0.05) is 12.2 Å². The number of carbonyl (C=O) groups excluding carboxylic acids is 1. The monoisotopic (exact) mass is 360 g/mol. The third-order valence-corrected chi connectivity index (χ3v) is 5.75. The molecule has 0 aliphatic carbocycles. The molecule has 1 fully saturated rings. The number of nitrogens with one attached hydrogen (secondary N) is 1. The Balaban J connectivity index is 1.64. The topological polar surface area (TPSA) is 75.7 Å². The molecule has 0 unspecified atom stereocenters. The molecule has 0 radical (unpaired) electrons. The van der Waals surface area contributed by atoms with Crippen molar-refractivity contribution in [1.82, 2.24) is 0 Å². The highest BCUT2D eigenvalue weighted by Gasteiger charge is 2.26. The molecule has 0 atom stereocenters. The predicted molar refractivity (Wildman–Crippen MR) is 97.4 cm³/mol. The van der Waals surface area contributed by atoms with Crippen molar-refractivity contribution in [2.75, 3.05) is 28.5 Å². The van der Waals surface area contributed by atoms with Gasteiger partial charge in [-0.25, -0.2) is 8.42 Å². The summed E-state index contributed by atoms with van der Waals surface area (Å²) in [5, 5.41) is 2.73. The quantitative estimate of drug-likeness (QED) is 0.889. The first-order valence-corrected chi connectivity index (χ1v) is 9.74. The van der Waals surface area contributed by atoms with E-state index in [2.05, 4.69) is 5.32 Å². The van der Waals surface area contributed by atoms with Crippen LogP contribution >= 0.6 is 0 Å². The first-order valence-electron chi connectivity index (χ1n) is 8.13. The van der Waals surface area contributed by atoms with Crippen molar-refractivity contribution >= 4 is 27.3 Å². The highest BCUT2D eigenvalue weighted by Crippen LogP contribution is 2.26. The van der Waals surface area contributed by atoms with Crippen molar-refractivity contribution in [2.24, 2.45) is 0 Å². The van der Waals surface area contributed by atoms with Gasteiger partial charge in [0.05, 0.1) is 11.4 Å². The van der Waals surface area contributed by atoms with E-state index < -0.39 is 10.0 Å². The van der Waals surface area contributed by atoms with E-state index in [1.165, 1.54) is 4.31 Å². The van der Waals surface area contributed by atoms with Gasteiger partial charge in [-0.15, -0.1) is 0 Å². The molecule has 7 heteroatoms. The molecular weight excluding hydrogens is 340 g/mol. The summed E-state index contributed by atoms with van der Waals surface area (Å²) in [6, 6.07) is 15.9. The number of nitrogens with zero attached hydrogens (tertiary/aromatic N) is 1. The second-order valence-electron chi connectivity index (χ2n) is 5.80. The van der Waals surface area contributed by atoms with Crippen LogP contribution in [0.5, 0.6) is 5.75 Å². The maximum absolute atomic E-state index is 12.2. The third kappa shape index (κ3) is 4.51. The zero-order valence-corrected chi connectivity index (χ0v) is 14.5. The molecule has 1 heterocycles. The third-order valence-electron chi connectivity index (χ3n) is 3.88. The first-order chi connectivity index (χ1) is 12.0. The van der Waals surface area contributed by atoms with Crippen LogP contribution in [0.2, 0.25) is 0 Å². The van der Waals surface area contributed by atoms with Gasteiger partial charge in [-0.3, -0.25) is 9.10 Å². The number of anilines is 2. The molecule has 2 aromatic rings. The number of rotatable bonds is 5. The van der Waals surface area contributed by atoms with Crippen molar-refractivity contribution in [1.29, 1.82) is 0 Å². The van der Waals surface area contributed by atoms with E-state index in [0.717, 1.165) is 6.42 Å². The zero-order chi connectivity index (χ0) is 17.7. The van der Waals surface area contributed by atoms with E-state index in [1.54, 1.807) is 36.4 Å². The van der Waals surface area contributed by atoms with Crippen LogP contribution in [0.3, 0.4) is 0 Å². The number of benzene rings is 2. The summed E-state index contributed by atoms with van der Waals surface area (Å²) >= 11 is 0. The highest BCUT2D eigenvalue weighted by atomic mass is 32.2. The summed E-state index contributed by atoms with van der Waals surface area (Å²) in [5.74, 6) is 0.474. The van der Waals surface area contributed by atoms with E-state index in [4.69, 9.17) is 4.74 Å². The van der Waals surface area contributed by atoms with Crippen molar-refractivity contribution in [3.05, 3.63) is 54.6 Å². The summed E-state index contributed by atoms with van der Waals surface area (Å²) < 4.78 is 31.2. The molecule has 3 rings (SSSR count). The molecule has 1 aliphatic heterocycles. The lowest BCUT2D eigenvalue weighted by molar-refractivity contribution is -0.118. The van der Waals surface area contributed by atoms with Gasteiger partial charge in [0.1, 0.15) is 5.75 Å². The second-order valence-corrected chi connectivity index (χ2v) is 7.81. The Bertz CT molecular complexity index is 837. The van der Waals surface area contributed by atoms with Crippen LogP contribution in [0.25, 0.3) is 0 Å². The Hall–Kier alpha value is -2.54. The van der Waals surface area contributed by atoms with Gasteiger partial charge in [-0.1, -0.05) is 24.3 Å². The predicted octanol–water partition coefficient (Wildman–Crippen LogP) is 2.63. The highest BCUT2D eigenvalue weighted by molar-refractivity contribution is 7.92. The molecule has 1 aliphatic rings. The SMILES string of the molecule is O=C(COc1ccccc1)Nc1cccc(N2CCCCS2(=O)=O)c1. The molecular formula is C18H20N2O4S. The average Bonchev–Trinajstić information content (AvgIpc) is 2.61. The maximum Gasteiger partial charge on any atom is 0.262 e. The van der Waals surface area contributed by atoms with Gasteiger partial charge in [0.25, 0.3) is 5.91 Å². The van der Waals surface area contributed by atoms with Gasteiger partial charge in [-0.2, -0.15) is 0 Å². The van der Waals surface area contributed by atoms with Gasteiger partial charge >= 0.3 is 0 Å². The molecule has 2 aromatic carbocycles. The fourth-order valence-corrected chi connectivity index (χ4v) is 4.31. The number of sulfonamides is 1. The lowest BCUT2D eigenvalue weighted by Crippen LogP contribution is -2.37. The minimum absolute atomic E-state index is 0.115. The molecule has 6 nitrogen and oxygen atoms in total. The Morgan fingerprint density at radius 3 is 2.64 bits per heavy atom. The Kier molecular flexibility index (Phi) is 5.23. The zero-order valence-electron chi connectivity index (χ0n) is 13.7. The summed E-state index contributed by atoms with van der Waals surface area (Å²) in [7, 11) is -3.27.